The minimum absolute atomic E-state index is 0.145. The number of hydrogen-bond donors (Lipinski definition) is 2. The number of nitrogens with zero attached hydrogens (tertiary/aromatic N) is 1. The van der Waals surface area contributed by atoms with E-state index in [2.05, 4.69) is 4.99 Å². The Labute approximate surface area is 132 Å². The SMILES string of the molecule is NC1=Nc2cccc(Cl)c2C1(O)c1cccc2ccccc12. The monoisotopic (exact) mass is 308 g/mol. The van der Waals surface area contributed by atoms with Gasteiger partial charge in [-0.05, 0) is 22.9 Å². The van der Waals surface area contributed by atoms with E-state index in [4.69, 9.17) is 17.3 Å². The topological polar surface area (TPSA) is 58.6 Å². The maximum atomic E-state index is 11.4. The second kappa shape index (κ2) is 4.57. The van der Waals surface area contributed by atoms with Gasteiger partial charge < -0.3 is 10.8 Å². The predicted molar refractivity (Wildman–Crippen MR) is 89.7 cm³/mol. The van der Waals surface area contributed by atoms with Gasteiger partial charge in [-0.2, -0.15) is 0 Å². The number of hydrogen-bond acceptors (Lipinski definition) is 3. The average molecular weight is 309 g/mol. The van der Waals surface area contributed by atoms with Crippen LogP contribution in [-0.2, 0) is 5.60 Å². The average Bonchev–Trinajstić information content (AvgIpc) is 2.80. The summed E-state index contributed by atoms with van der Waals surface area (Å²) in [4.78, 5) is 4.31. The highest BCUT2D eigenvalue weighted by atomic mass is 35.5. The summed E-state index contributed by atoms with van der Waals surface area (Å²) in [7, 11) is 0. The third-order valence-corrected chi connectivity index (χ3v) is 4.46. The minimum atomic E-state index is -1.51. The van der Waals surface area contributed by atoms with E-state index in [1.807, 2.05) is 42.5 Å². The lowest BCUT2D eigenvalue weighted by molar-refractivity contribution is 0.160. The van der Waals surface area contributed by atoms with Crippen molar-refractivity contribution in [2.75, 3.05) is 0 Å². The van der Waals surface area contributed by atoms with Crippen molar-refractivity contribution in [3.63, 3.8) is 0 Å². The molecule has 3 N–H and O–H groups in total. The minimum Gasteiger partial charge on any atom is -0.384 e. The molecule has 0 saturated heterocycles. The van der Waals surface area contributed by atoms with Gasteiger partial charge in [-0.25, -0.2) is 4.99 Å². The molecule has 0 aliphatic carbocycles. The third kappa shape index (κ3) is 1.64. The van der Waals surface area contributed by atoms with Crippen LogP contribution in [0.2, 0.25) is 5.02 Å². The molecular formula is C18H13ClN2O. The Bertz CT molecular complexity index is 930. The van der Waals surface area contributed by atoms with Gasteiger partial charge in [-0.15, -0.1) is 0 Å². The number of nitrogens with two attached hydrogens (primary N) is 1. The van der Waals surface area contributed by atoms with Crippen LogP contribution in [0.15, 0.2) is 65.7 Å². The third-order valence-electron chi connectivity index (χ3n) is 4.14. The van der Waals surface area contributed by atoms with Crippen LogP contribution in [0.25, 0.3) is 10.8 Å². The van der Waals surface area contributed by atoms with E-state index >= 15 is 0 Å². The smallest absolute Gasteiger partial charge is 0.176 e. The van der Waals surface area contributed by atoms with Gasteiger partial charge >= 0.3 is 0 Å². The highest BCUT2D eigenvalue weighted by Gasteiger charge is 2.44. The normalized spacial score (nSPS) is 20.0. The number of benzene rings is 3. The fourth-order valence-corrected chi connectivity index (χ4v) is 3.42. The van der Waals surface area contributed by atoms with E-state index < -0.39 is 5.60 Å². The summed E-state index contributed by atoms with van der Waals surface area (Å²) in [6.45, 7) is 0. The van der Waals surface area contributed by atoms with Crippen LogP contribution >= 0.6 is 11.6 Å². The van der Waals surface area contributed by atoms with Gasteiger partial charge in [0.2, 0.25) is 0 Å². The zero-order valence-corrected chi connectivity index (χ0v) is 12.4. The van der Waals surface area contributed by atoms with Crippen LogP contribution in [0.3, 0.4) is 0 Å². The van der Waals surface area contributed by atoms with Crippen molar-refractivity contribution in [1.82, 2.24) is 0 Å². The first-order chi connectivity index (χ1) is 10.6. The molecule has 3 nitrogen and oxygen atoms in total. The zero-order valence-electron chi connectivity index (χ0n) is 11.6. The van der Waals surface area contributed by atoms with Crippen molar-refractivity contribution >= 4 is 33.9 Å². The first-order valence-corrected chi connectivity index (χ1v) is 7.34. The van der Waals surface area contributed by atoms with Gasteiger partial charge in [0.05, 0.1) is 5.69 Å². The van der Waals surface area contributed by atoms with Gasteiger partial charge in [-0.1, -0.05) is 60.1 Å². The van der Waals surface area contributed by atoms with Crippen LogP contribution < -0.4 is 5.73 Å². The maximum absolute atomic E-state index is 11.4. The van der Waals surface area contributed by atoms with Crippen LogP contribution in [0, 0.1) is 0 Å². The van der Waals surface area contributed by atoms with E-state index in [9.17, 15) is 5.11 Å². The molecule has 0 fully saturated rings. The highest BCUT2D eigenvalue weighted by Crippen LogP contribution is 2.46. The Hall–Kier alpha value is -2.36. The number of fused-ring (bicyclic) bond motifs is 2. The first-order valence-electron chi connectivity index (χ1n) is 6.96. The molecular weight excluding hydrogens is 296 g/mol. The molecule has 0 saturated carbocycles. The number of aliphatic hydroxyl groups is 1. The molecule has 3 aromatic carbocycles. The lowest BCUT2D eigenvalue weighted by Gasteiger charge is -2.27. The van der Waals surface area contributed by atoms with Gasteiger partial charge in [-0.3, -0.25) is 0 Å². The molecule has 0 radical (unpaired) electrons. The number of aliphatic imine (C=N–C) groups is 1. The molecule has 1 atom stereocenters. The van der Waals surface area contributed by atoms with Crippen molar-refractivity contribution in [1.29, 1.82) is 0 Å². The molecule has 1 aliphatic heterocycles. The van der Waals surface area contributed by atoms with E-state index in [0.29, 0.717) is 21.8 Å². The lowest BCUT2D eigenvalue weighted by atomic mass is 9.83. The van der Waals surface area contributed by atoms with Crippen LogP contribution in [0.4, 0.5) is 5.69 Å². The summed E-state index contributed by atoms with van der Waals surface area (Å²) in [5, 5.41) is 13.8. The van der Waals surface area contributed by atoms with E-state index in [1.165, 1.54) is 0 Å². The summed E-state index contributed by atoms with van der Waals surface area (Å²) >= 11 is 6.33. The van der Waals surface area contributed by atoms with E-state index in [-0.39, 0.29) is 5.84 Å². The molecule has 4 rings (SSSR count). The van der Waals surface area contributed by atoms with Gasteiger partial charge in [0, 0.05) is 16.1 Å². The fraction of sp³-hybridized carbons (Fsp3) is 0.0556. The van der Waals surface area contributed by atoms with Crippen molar-refractivity contribution < 1.29 is 5.11 Å². The fourth-order valence-electron chi connectivity index (χ4n) is 3.12. The number of amidine groups is 1. The van der Waals surface area contributed by atoms with Crippen molar-refractivity contribution in [2.45, 2.75) is 5.60 Å². The highest BCUT2D eigenvalue weighted by molar-refractivity contribution is 6.32. The summed E-state index contributed by atoms with van der Waals surface area (Å²) in [6.07, 6.45) is 0. The molecule has 1 unspecified atom stereocenters. The molecule has 0 spiro atoms. The Morgan fingerprint density at radius 1 is 0.955 bits per heavy atom. The second-order valence-corrected chi connectivity index (χ2v) is 5.78. The molecule has 1 aliphatic rings. The summed E-state index contributed by atoms with van der Waals surface area (Å²) in [6, 6.07) is 19.0. The second-order valence-electron chi connectivity index (χ2n) is 5.37. The van der Waals surface area contributed by atoms with Crippen LogP contribution in [0.1, 0.15) is 11.1 Å². The van der Waals surface area contributed by atoms with Gasteiger partial charge in [0.15, 0.2) is 5.60 Å². The van der Waals surface area contributed by atoms with Crippen molar-refractivity contribution in [3.8, 4) is 0 Å². The zero-order chi connectivity index (χ0) is 15.3. The van der Waals surface area contributed by atoms with Crippen LogP contribution in [-0.4, -0.2) is 10.9 Å². The summed E-state index contributed by atoms with van der Waals surface area (Å²) < 4.78 is 0. The molecule has 0 amide bonds. The quantitative estimate of drug-likeness (QED) is 0.719. The summed E-state index contributed by atoms with van der Waals surface area (Å²) in [5.74, 6) is 0.145. The molecule has 4 heteroatoms. The standard InChI is InChI=1S/C18H13ClN2O/c19-14-9-4-10-15-16(14)18(22,17(20)21-15)13-8-3-6-11-5-1-2-7-12(11)13/h1-10,22H,(H2,20,21). The molecule has 22 heavy (non-hydrogen) atoms. The van der Waals surface area contributed by atoms with E-state index in [0.717, 1.165) is 10.8 Å². The Morgan fingerprint density at radius 3 is 2.55 bits per heavy atom. The van der Waals surface area contributed by atoms with Gasteiger partial charge in [0.25, 0.3) is 0 Å². The summed E-state index contributed by atoms with van der Waals surface area (Å²) in [5.41, 5.74) is 6.44. The van der Waals surface area contributed by atoms with E-state index in [1.54, 1.807) is 18.2 Å². The Kier molecular flexibility index (Phi) is 2.76. The Morgan fingerprint density at radius 2 is 1.68 bits per heavy atom. The van der Waals surface area contributed by atoms with Crippen molar-refractivity contribution in [3.05, 3.63) is 76.8 Å². The molecule has 0 aromatic heterocycles. The number of halogens is 1. The Balaban J connectivity index is 2.09. The molecule has 0 bridgehead atoms. The molecule has 1 heterocycles. The van der Waals surface area contributed by atoms with Crippen molar-refractivity contribution in [2.24, 2.45) is 10.7 Å². The first kappa shape index (κ1) is 13.3. The number of rotatable bonds is 1. The largest absolute Gasteiger partial charge is 0.384 e. The molecule has 3 aromatic rings. The lowest BCUT2D eigenvalue weighted by Crippen LogP contribution is -2.40. The maximum Gasteiger partial charge on any atom is 0.176 e. The predicted octanol–water partition coefficient (Wildman–Crippen LogP) is 3.73. The molecule has 108 valence electrons. The van der Waals surface area contributed by atoms with Crippen LogP contribution in [0.5, 0.6) is 0 Å². The van der Waals surface area contributed by atoms with Gasteiger partial charge in [0.1, 0.15) is 5.84 Å².